The molecule has 1 aromatic heterocycles. The van der Waals surface area contributed by atoms with E-state index < -0.39 is 5.97 Å². The van der Waals surface area contributed by atoms with Gasteiger partial charge < -0.3 is 15.2 Å². The maximum atomic E-state index is 11.2. The Labute approximate surface area is 156 Å². The number of methoxy groups -OCH3 is 1. The van der Waals surface area contributed by atoms with Crippen LogP contribution in [0.2, 0.25) is 0 Å². The highest BCUT2D eigenvalue weighted by Crippen LogP contribution is 2.36. The summed E-state index contributed by atoms with van der Waals surface area (Å²) in [6.07, 6.45) is 1.48. The largest absolute Gasteiger partial charge is 0.495 e. The Morgan fingerprint density at radius 3 is 2.70 bits per heavy atom. The van der Waals surface area contributed by atoms with Crippen molar-refractivity contribution >= 4 is 22.4 Å². The van der Waals surface area contributed by atoms with E-state index in [1.807, 2.05) is 36.4 Å². The Morgan fingerprint density at radius 1 is 1.26 bits per heavy atom. The average Bonchev–Trinajstić information content (AvgIpc) is 2.71. The van der Waals surface area contributed by atoms with E-state index in [0.717, 1.165) is 27.6 Å². The van der Waals surface area contributed by atoms with Crippen molar-refractivity contribution in [1.29, 1.82) is 5.26 Å². The molecule has 6 heteroatoms. The van der Waals surface area contributed by atoms with E-state index in [9.17, 15) is 4.79 Å². The Bertz CT molecular complexity index is 1080. The molecular formula is C21H17N3O3. The van der Waals surface area contributed by atoms with E-state index in [1.165, 1.54) is 12.3 Å². The molecule has 2 N–H and O–H groups in total. The number of hydrogen-bond acceptors (Lipinski definition) is 5. The van der Waals surface area contributed by atoms with Gasteiger partial charge in [-0.15, -0.1) is 0 Å². The zero-order valence-corrected chi connectivity index (χ0v) is 14.7. The SMILES string of the molecule is C=C(C#N)CNc1c(OC)ccc2ccc(-c3ccnc(C(=O)O)c3)cc12. The lowest BCUT2D eigenvalue weighted by Crippen LogP contribution is -2.05. The fourth-order valence-corrected chi connectivity index (χ4v) is 2.79. The fourth-order valence-electron chi connectivity index (χ4n) is 2.79. The number of benzene rings is 2. The molecule has 3 aromatic rings. The van der Waals surface area contributed by atoms with E-state index in [0.29, 0.717) is 17.9 Å². The molecule has 0 aliphatic carbocycles. The van der Waals surface area contributed by atoms with E-state index >= 15 is 0 Å². The van der Waals surface area contributed by atoms with Crippen molar-refractivity contribution in [3.8, 4) is 22.9 Å². The number of hydrogen-bond donors (Lipinski definition) is 2. The highest BCUT2D eigenvalue weighted by molar-refractivity contribution is 5.99. The van der Waals surface area contributed by atoms with Gasteiger partial charge in [0.1, 0.15) is 11.4 Å². The van der Waals surface area contributed by atoms with Crippen molar-refractivity contribution in [3.63, 3.8) is 0 Å². The first-order valence-corrected chi connectivity index (χ1v) is 8.15. The summed E-state index contributed by atoms with van der Waals surface area (Å²) in [6.45, 7) is 3.99. The molecule has 0 spiro atoms. The standard InChI is InChI=1S/C21H17N3O3/c1-13(11-22)12-24-20-17-9-15(4-3-14(17)5-6-19(20)27-2)16-7-8-23-18(10-16)21(25)26/h3-10,24H,1,12H2,2H3,(H,25,26). The van der Waals surface area contributed by atoms with Gasteiger partial charge in [0.25, 0.3) is 0 Å². The molecule has 6 nitrogen and oxygen atoms in total. The molecule has 0 saturated heterocycles. The highest BCUT2D eigenvalue weighted by Gasteiger charge is 2.11. The molecule has 1 heterocycles. The summed E-state index contributed by atoms with van der Waals surface area (Å²) in [5.41, 5.74) is 2.75. The number of carboxylic acid groups (broad SMARTS) is 1. The monoisotopic (exact) mass is 359 g/mol. The molecule has 0 bridgehead atoms. The maximum Gasteiger partial charge on any atom is 0.354 e. The van der Waals surface area contributed by atoms with Gasteiger partial charge in [0.05, 0.1) is 18.9 Å². The van der Waals surface area contributed by atoms with Crippen LogP contribution in [0.25, 0.3) is 21.9 Å². The summed E-state index contributed by atoms with van der Waals surface area (Å²) in [5, 5.41) is 23.2. The van der Waals surface area contributed by atoms with E-state index in [-0.39, 0.29) is 5.69 Å². The number of carbonyl (C=O) groups is 1. The third-order valence-corrected chi connectivity index (χ3v) is 4.15. The number of nitrogens with one attached hydrogen (secondary N) is 1. The zero-order valence-electron chi connectivity index (χ0n) is 14.7. The molecule has 0 amide bonds. The van der Waals surface area contributed by atoms with Crippen LogP contribution in [0.1, 0.15) is 10.5 Å². The van der Waals surface area contributed by atoms with Gasteiger partial charge in [-0.05, 0) is 40.8 Å². The molecule has 0 unspecified atom stereocenters. The van der Waals surface area contributed by atoms with E-state index in [4.69, 9.17) is 15.1 Å². The zero-order chi connectivity index (χ0) is 19.4. The van der Waals surface area contributed by atoms with Gasteiger partial charge in [0.15, 0.2) is 0 Å². The predicted molar refractivity (Wildman–Crippen MR) is 104 cm³/mol. The fraction of sp³-hybridized carbons (Fsp3) is 0.0952. The molecule has 3 rings (SSSR count). The molecule has 0 aliphatic rings. The van der Waals surface area contributed by atoms with Gasteiger partial charge in [-0.3, -0.25) is 0 Å². The lowest BCUT2D eigenvalue weighted by Gasteiger charge is -2.15. The first-order chi connectivity index (χ1) is 13.0. The number of carboxylic acids is 1. The Kier molecular flexibility index (Phi) is 5.04. The summed E-state index contributed by atoms with van der Waals surface area (Å²) in [7, 11) is 1.58. The predicted octanol–water partition coefficient (Wildman–Crippen LogP) is 4.10. The number of aromatic carboxylic acids is 1. The summed E-state index contributed by atoms with van der Waals surface area (Å²) in [4.78, 5) is 15.0. The van der Waals surface area contributed by atoms with Gasteiger partial charge in [0, 0.05) is 23.7 Å². The van der Waals surface area contributed by atoms with Crippen molar-refractivity contribution in [2.24, 2.45) is 0 Å². The second kappa shape index (κ2) is 7.58. The van der Waals surface area contributed by atoms with Gasteiger partial charge >= 0.3 is 5.97 Å². The van der Waals surface area contributed by atoms with Gasteiger partial charge in [-0.25, -0.2) is 9.78 Å². The van der Waals surface area contributed by atoms with Crippen LogP contribution in [0.3, 0.4) is 0 Å². The second-order valence-electron chi connectivity index (χ2n) is 5.88. The van der Waals surface area contributed by atoms with Crippen LogP contribution in [0.15, 0.2) is 60.8 Å². The van der Waals surface area contributed by atoms with Crippen molar-refractivity contribution in [2.45, 2.75) is 0 Å². The number of rotatable bonds is 6. The molecule has 0 fully saturated rings. The third kappa shape index (κ3) is 3.72. The van der Waals surface area contributed by atoms with Crippen LogP contribution in [-0.4, -0.2) is 29.7 Å². The summed E-state index contributed by atoms with van der Waals surface area (Å²) >= 11 is 0. The summed E-state index contributed by atoms with van der Waals surface area (Å²) < 4.78 is 5.45. The second-order valence-corrected chi connectivity index (χ2v) is 5.88. The Balaban J connectivity index is 2.12. The van der Waals surface area contributed by atoms with Crippen LogP contribution in [0, 0.1) is 11.3 Å². The number of anilines is 1. The molecule has 0 atom stereocenters. The lowest BCUT2D eigenvalue weighted by atomic mass is 10.00. The smallest absolute Gasteiger partial charge is 0.354 e. The summed E-state index contributed by atoms with van der Waals surface area (Å²) in [6, 6.07) is 14.9. The van der Waals surface area contributed by atoms with Crippen molar-refractivity contribution in [1.82, 2.24) is 4.98 Å². The number of fused-ring (bicyclic) bond motifs is 1. The van der Waals surface area contributed by atoms with Crippen LogP contribution in [0.5, 0.6) is 5.75 Å². The van der Waals surface area contributed by atoms with Crippen LogP contribution in [0.4, 0.5) is 5.69 Å². The van der Waals surface area contributed by atoms with E-state index in [1.54, 1.807) is 13.2 Å². The topological polar surface area (TPSA) is 95.2 Å². The number of nitrogens with zero attached hydrogens (tertiary/aromatic N) is 2. The normalized spacial score (nSPS) is 10.2. The number of nitriles is 1. The van der Waals surface area contributed by atoms with Gasteiger partial charge in [-0.2, -0.15) is 5.26 Å². The molecule has 0 aliphatic heterocycles. The minimum atomic E-state index is -1.07. The van der Waals surface area contributed by atoms with Crippen molar-refractivity contribution in [2.75, 3.05) is 19.0 Å². The highest BCUT2D eigenvalue weighted by atomic mass is 16.5. The van der Waals surface area contributed by atoms with Crippen molar-refractivity contribution < 1.29 is 14.6 Å². The third-order valence-electron chi connectivity index (χ3n) is 4.15. The number of pyridine rings is 1. The number of aromatic nitrogens is 1. The van der Waals surface area contributed by atoms with Gasteiger partial charge in [-0.1, -0.05) is 24.8 Å². The minimum Gasteiger partial charge on any atom is -0.495 e. The van der Waals surface area contributed by atoms with Crippen molar-refractivity contribution in [3.05, 3.63) is 66.5 Å². The lowest BCUT2D eigenvalue weighted by molar-refractivity contribution is 0.0690. The molecule has 0 radical (unpaired) electrons. The minimum absolute atomic E-state index is 0.0121. The number of ether oxygens (including phenoxy) is 1. The van der Waals surface area contributed by atoms with Crippen LogP contribution in [-0.2, 0) is 0 Å². The average molecular weight is 359 g/mol. The Morgan fingerprint density at radius 2 is 2.00 bits per heavy atom. The first kappa shape index (κ1) is 18.0. The molecule has 134 valence electrons. The van der Waals surface area contributed by atoms with Gasteiger partial charge in [0.2, 0.25) is 0 Å². The molecule has 0 saturated carbocycles. The first-order valence-electron chi connectivity index (χ1n) is 8.15. The van der Waals surface area contributed by atoms with Crippen LogP contribution < -0.4 is 10.1 Å². The maximum absolute atomic E-state index is 11.2. The molecular weight excluding hydrogens is 342 g/mol. The van der Waals surface area contributed by atoms with Crippen LogP contribution >= 0.6 is 0 Å². The summed E-state index contributed by atoms with van der Waals surface area (Å²) in [5.74, 6) is -0.428. The Hall–Kier alpha value is -3.85. The molecule has 27 heavy (non-hydrogen) atoms. The van der Waals surface area contributed by atoms with E-state index in [2.05, 4.69) is 16.9 Å². The molecule has 2 aromatic carbocycles. The quantitative estimate of drug-likeness (QED) is 0.643.